The van der Waals surface area contributed by atoms with Crippen LogP contribution in [0.3, 0.4) is 0 Å². The highest BCUT2D eigenvalue weighted by Crippen LogP contribution is 2.32. The Morgan fingerprint density at radius 2 is 1.50 bits per heavy atom. The Labute approximate surface area is 255 Å². The summed E-state index contributed by atoms with van der Waals surface area (Å²) >= 11 is 0. The van der Waals surface area contributed by atoms with Crippen molar-refractivity contribution in [1.82, 2.24) is 5.43 Å². The first-order valence-electron chi connectivity index (χ1n) is 13.4. The van der Waals surface area contributed by atoms with Gasteiger partial charge in [-0.05, 0) is 85.3 Å². The number of esters is 1. The summed E-state index contributed by atoms with van der Waals surface area (Å²) in [7, 11) is -1.40. The molecule has 0 radical (unpaired) electrons. The molecule has 0 spiro atoms. The maximum atomic E-state index is 13.8. The van der Waals surface area contributed by atoms with Crippen molar-refractivity contribution in [3.8, 4) is 23.0 Å². The number of anilines is 1. The second-order valence-electron chi connectivity index (χ2n) is 9.07. The number of carbonyl (C=O) groups excluding carboxylic acids is 2. The fourth-order valence-electron chi connectivity index (χ4n) is 4.00. The van der Waals surface area contributed by atoms with E-state index in [9.17, 15) is 18.0 Å². The summed E-state index contributed by atoms with van der Waals surface area (Å²) in [6, 6.07) is 25.6. The summed E-state index contributed by atoms with van der Waals surface area (Å²) in [5.74, 6) is 0.289. The molecular formula is C32H31N3O8S. The molecule has 0 bridgehead atoms. The molecule has 4 rings (SSSR count). The second kappa shape index (κ2) is 14.7. The lowest BCUT2D eigenvalue weighted by Crippen LogP contribution is -2.39. The summed E-state index contributed by atoms with van der Waals surface area (Å²) < 4.78 is 49.9. The number of carbonyl (C=O) groups is 2. The number of methoxy groups -OCH3 is 2. The molecule has 12 heteroatoms. The molecule has 44 heavy (non-hydrogen) atoms. The molecular weight excluding hydrogens is 586 g/mol. The standard InChI is InChI=1S/C32H31N3O8S/c1-4-42-26-16-12-25(13-17-26)35(44(38,39)28-18-19-29(40-2)30(20-28)41-3)22-31(36)34-33-21-23-10-14-27(15-11-23)43-32(37)24-8-6-5-7-9-24/h5-21H,4,22H2,1-3H3,(H,34,36)/b33-21-. The molecule has 0 aliphatic rings. The van der Waals surface area contributed by atoms with Gasteiger partial charge in [-0.15, -0.1) is 0 Å². The third-order valence-electron chi connectivity index (χ3n) is 6.17. The van der Waals surface area contributed by atoms with E-state index in [0.717, 1.165) is 4.31 Å². The predicted octanol–water partition coefficient (Wildman–Crippen LogP) is 4.67. The number of nitrogens with zero attached hydrogens (tertiary/aromatic N) is 2. The van der Waals surface area contributed by atoms with Crippen molar-refractivity contribution < 1.29 is 37.0 Å². The molecule has 0 unspecified atom stereocenters. The van der Waals surface area contributed by atoms with Crippen molar-refractivity contribution in [2.45, 2.75) is 11.8 Å². The van der Waals surface area contributed by atoms with Crippen molar-refractivity contribution in [2.24, 2.45) is 5.10 Å². The number of ether oxygens (including phenoxy) is 4. The van der Waals surface area contributed by atoms with Crippen LogP contribution < -0.4 is 28.7 Å². The monoisotopic (exact) mass is 617 g/mol. The molecule has 0 saturated carbocycles. The Balaban J connectivity index is 1.48. The van der Waals surface area contributed by atoms with Gasteiger partial charge in [0.05, 0.1) is 43.2 Å². The van der Waals surface area contributed by atoms with E-state index in [1.807, 2.05) is 6.92 Å². The first kappa shape index (κ1) is 31.6. The third-order valence-corrected chi connectivity index (χ3v) is 7.94. The first-order valence-corrected chi connectivity index (χ1v) is 14.9. The lowest BCUT2D eigenvalue weighted by molar-refractivity contribution is -0.119. The third kappa shape index (κ3) is 7.92. The van der Waals surface area contributed by atoms with E-state index in [-0.39, 0.29) is 16.3 Å². The summed E-state index contributed by atoms with van der Waals surface area (Å²) in [5.41, 5.74) is 3.63. The Morgan fingerprint density at radius 1 is 0.841 bits per heavy atom. The van der Waals surface area contributed by atoms with Gasteiger partial charge in [0.25, 0.3) is 15.9 Å². The molecule has 0 aromatic heterocycles. The minimum Gasteiger partial charge on any atom is -0.494 e. The first-order chi connectivity index (χ1) is 21.2. The normalized spacial score (nSPS) is 11.1. The van der Waals surface area contributed by atoms with Crippen molar-refractivity contribution in [3.63, 3.8) is 0 Å². The number of hydrogen-bond donors (Lipinski definition) is 1. The van der Waals surface area contributed by atoms with Gasteiger partial charge < -0.3 is 18.9 Å². The van der Waals surface area contributed by atoms with Crippen LogP contribution in [0.1, 0.15) is 22.8 Å². The highest BCUT2D eigenvalue weighted by molar-refractivity contribution is 7.92. The number of rotatable bonds is 13. The maximum absolute atomic E-state index is 13.8. The molecule has 0 heterocycles. The fourth-order valence-corrected chi connectivity index (χ4v) is 5.44. The van der Waals surface area contributed by atoms with E-state index in [0.29, 0.717) is 35.0 Å². The lowest BCUT2D eigenvalue weighted by atomic mass is 10.2. The van der Waals surface area contributed by atoms with Gasteiger partial charge in [0.15, 0.2) is 11.5 Å². The molecule has 1 amide bonds. The number of nitrogens with one attached hydrogen (secondary N) is 1. The van der Waals surface area contributed by atoms with Crippen molar-refractivity contribution in [2.75, 3.05) is 31.7 Å². The average molecular weight is 618 g/mol. The van der Waals surface area contributed by atoms with Crippen molar-refractivity contribution in [1.29, 1.82) is 0 Å². The number of sulfonamides is 1. The Morgan fingerprint density at radius 3 is 2.14 bits per heavy atom. The lowest BCUT2D eigenvalue weighted by Gasteiger charge is -2.24. The van der Waals surface area contributed by atoms with Gasteiger partial charge in [0.1, 0.15) is 18.0 Å². The van der Waals surface area contributed by atoms with Gasteiger partial charge >= 0.3 is 5.97 Å². The molecule has 0 fully saturated rings. The molecule has 0 aliphatic heterocycles. The summed E-state index contributed by atoms with van der Waals surface area (Å²) in [4.78, 5) is 25.1. The topological polar surface area (TPSA) is 133 Å². The van der Waals surface area contributed by atoms with Crippen molar-refractivity contribution in [3.05, 3.63) is 108 Å². The van der Waals surface area contributed by atoms with Crippen molar-refractivity contribution >= 4 is 33.8 Å². The predicted molar refractivity (Wildman–Crippen MR) is 165 cm³/mol. The average Bonchev–Trinajstić information content (AvgIpc) is 3.05. The van der Waals surface area contributed by atoms with Gasteiger partial charge in [-0.25, -0.2) is 18.6 Å². The zero-order valence-electron chi connectivity index (χ0n) is 24.3. The van der Waals surface area contributed by atoms with Gasteiger partial charge in [0, 0.05) is 6.07 Å². The quantitative estimate of drug-likeness (QED) is 0.0991. The number of hydrazone groups is 1. The number of benzene rings is 4. The molecule has 11 nitrogen and oxygen atoms in total. The Kier molecular flexibility index (Phi) is 10.5. The van der Waals surface area contributed by atoms with E-state index in [1.54, 1.807) is 78.9 Å². The minimum atomic E-state index is -4.24. The molecule has 0 atom stereocenters. The van der Waals surface area contributed by atoms with Gasteiger partial charge in [-0.2, -0.15) is 5.10 Å². The van der Waals surface area contributed by atoms with Crippen LogP contribution in [-0.4, -0.2) is 53.9 Å². The highest BCUT2D eigenvalue weighted by Gasteiger charge is 2.28. The van der Waals surface area contributed by atoms with Crippen LogP contribution in [0, 0.1) is 0 Å². The summed E-state index contributed by atoms with van der Waals surface area (Å²) in [5, 5.41) is 3.96. The summed E-state index contributed by atoms with van der Waals surface area (Å²) in [6.07, 6.45) is 1.38. The van der Waals surface area contributed by atoms with Crippen LogP contribution in [0.15, 0.2) is 107 Å². The van der Waals surface area contributed by atoms with Crippen LogP contribution in [0.5, 0.6) is 23.0 Å². The minimum absolute atomic E-state index is 0.103. The van der Waals surface area contributed by atoms with Gasteiger partial charge in [-0.3, -0.25) is 9.10 Å². The maximum Gasteiger partial charge on any atom is 0.343 e. The van der Waals surface area contributed by atoms with Crippen LogP contribution in [0.4, 0.5) is 5.69 Å². The van der Waals surface area contributed by atoms with E-state index >= 15 is 0 Å². The van der Waals surface area contributed by atoms with Gasteiger partial charge in [0.2, 0.25) is 0 Å². The number of amides is 1. The van der Waals surface area contributed by atoms with Crippen LogP contribution in [0.25, 0.3) is 0 Å². The summed E-state index contributed by atoms with van der Waals surface area (Å²) in [6.45, 7) is 1.70. The second-order valence-corrected chi connectivity index (χ2v) is 10.9. The molecule has 4 aromatic carbocycles. The largest absolute Gasteiger partial charge is 0.494 e. The molecule has 0 saturated heterocycles. The SMILES string of the molecule is CCOc1ccc(N(CC(=O)N/N=C\c2ccc(OC(=O)c3ccccc3)cc2)S(=O)(=O)c2ccc(OC)c(OC)c2)cc1. The number of hydrogen-bond acceptors (Lipinski definition) is 9. The zero-order valence-corrected chi connectivity index (χ0v) is 25.1. The van der Waals surface area contributed by atoms with Gasteiger partial charge in [-0.1, -0.05) is 18.2 Å². The molecule has 1 N–H and O–H groups in total. The van der Waals surface area contributed by atoms with E-state index < -0.39 is 28.4 Å². The van der Waals surface area contributed by atoms with Crippen LogP contribution >= 0.6 is 0 Å². The molecule has 0 aliphatic carbocycles. The van der Waals surface area contributed by atoms with E-state index in [2.05, 4.69) is 10.5 Å². The van der Waals surface area contributed by atoms with E-state index in [1.165, 1.54) is 38.6 Å². The van der Waals surface area contributed by atoms with Crippen LogP contribution in [0.2, 0.25) is 0 Å². The smallest absolute Gasteiger partial charge is 0.343 e. The zero-order chi connectivity index (χ0) is 31.5. The Hall–Kier alpha value is -5.36. The fraction of sp³-hybridized carbons (Fsp3) is 0.156. The molecule has 228 valence electrons. The highest BCUT2D eigenvalue weighted by atomic mass is 32.2. The molecule has 4 aromatic rings. The van der Waals surface area contributed by atoms with E-state index in [4.69, 9.17) is 18.9 Å². The van der Waals surface area contributed by atoms with Crippen LogP contribution in [-0.2, 0) is 14.8 Å². The Bertz CT molecular complexity index is 1710.